The molecular formula is C11H16IN. The van der Waals surface area contributed by atoms with Crippen molar-refractivity contribution < 1.29 is 0 Å². The van der Waals surface area contributed by atoms with Crippen molar-refractivity contribution in [3.63, 3.8) is 0 Å². The van der Waals surface area contributed by atoms with Gasteiger partial charge in [-0.2, -0.15) is 0 Å². The number of hydrogen-bond acceptors (Lipinski definition) is 1. The van der Waals surface area contributed by atoms with E-state index in [-0.39, 0.29) is 0 Å². The zero-order valence-electron chi connectivity index (χ0n) is 8.39. The summed E-state index contributed by atoms with van der Waals surface area (Å²) in [5.41, 5.74) is 2.82. The predicted molar refractivity (Wildman–Crippen MR) is 66.0 cm³/mol. The van der Waals surface area contributed by atoms with E-state index >= 15 is 0 Å². The Kier molecular flexibility index (Phi) is 4.19. The van der Waals surface area contributed by atoms with Gasteiger partial charge in [-0.3, -0.25) is 0 Å². The molecule has 0 saturated heterocycles. The zero-order valence-corrected chi connectivity index (χ0v) is 10.6. The molecule has 72 valence electrons. The molecule has 0 amide bonds. The Labute approximate surface area is 94.1 Å². The average Bonchev–Trinajstić information content (AvgIpc) is 2.17. The number of benzene rings is 1. The summed E-state index contributed by atoms with van der Waals surface area (Å²) >= 11 is 2.39. The van der Waals surface area contributed by atoms with Crippen LogP contribution in [0.15, 0.2) is 18.2 Å². The van der Waals surface area contributed by atoms with E-state index in [1.54, 1.807) is 0 Å². The normalized spacial score (nSPS) is 12.9. The van der Waals surface area contributed by atoms with Crippen LogP contribution >= 0.6 is 22.6 Å². The lowest BCUT2D eigenvalue weighted by atomic mass is 10.0. The van der Waals surface area contributed by atoms with Crippen molar-refractivity contribution in [1.29, 1.82) is 0 Å². The summed E-state index contributed by atoms with van der Waals surface area (Å²) < 4.78 is 1.37. The van der Waals surface area contributed by atoms with Crippen molar-refractivity contribution >= 4 is 22.6 Å². The van der Waals surface area contributed by atoms with Gasteiger partial charge >= 0.3 is 0 Å². The molecule has 0 aliphatic heterocycles. The smallest absolute Gasteiger partial charge is 0.0289 e. The van der Waals surface area contributed by atoms with E-state index in [1.807, 2.05) is 7.05 Å². The van der Waals surface area contributed by atoms with E-state index in [2.05, 4.69) is 60.0 Å². The van der Waals surface area contributed by atoms with Gasteiger partial charge in [0.1, 0.15) is 0 Å². The fraction of sp³-hybridized carbons (Fsp3) is 0.455. The van der Waals surface area contributed by atoms with Crippen LogP contribution in [-0.2, 0) is 6.42 Å². The van der Waals surface area contributed by atoms with Crippen LogP contribution in [-0.4, -0.2) is 7.05 Å². The molecule has 0 aliphatic rings. The second kappa shape index (κ2) is 4.96. The summed E-state index contributed by atoms with van der Waals surface area (Å²) in [4.78, 5) is 0. The van der Waals surface area contributed by atoms with Crippen molar-refractivity contribution in [2.45, 2.75) is 26.3 Å². The van der Waals surface area contributed by atoms with Crippen LogP contribution in [0.25, 0.3) is 0 Å². The number of rotatable bonds is 3. The van der Waals surface area contributed by atoms with Gasteiger partial charge in [0.15, 0.2) is 0 Å². The van der Waals surface area contributed by atoms with Crippen molar-refractivity contribution in [1.82, 2.24) is 5.32 Å². The van der Waals surface area contributed by atoms with Crippen molar-refractivity contribution in [2.75, 3.05) is 7.05 Å². The number of hydrogen-bond donors (Lipinski definition) is 1. The van der Waals surface area contributed by atoms with Crippen molar-refractivity contribution in [3.05, 3.63) is 32.9 Å². The Bertz CT molecular complexity index is 283. The van der Waals surface area contributed by atoms with Crippen LogP contribution in [0.1, 0.15) is 31.0 Å². The highest BCUT2D eigenvalue weighted by Crippen LogP contribution is 2.19. The first-order chi connectivity index (χ1) is 6.19. The van der Waals surface area contributed by atoms with E-state index in [1.165, 1.54) is 14.7 Å². The Balaban J connectivity index is 2.99. The van der Waals surface area contributed by atoms with Gasteiger partial charge in [0.2, 0.25) is 0 Å². The number of nitrogens with one attached hydrogen (secondary N) is 1. The van der Waals surface area contributed by atoms with Crippen LogP contribution in [0, 0.1) is 3.57 Å². The summed E-state index contributed by atoms with van der Waals surface area (Å²) in [6, 6.07) is 7.13. The molecule has 13 heavy (non-hydrogen) atoms. The molecule has 0 saturated carbocycles. The minimum absolute atomic E-state index is 0.447. The molecule has 0 bridgehead atoms. The lowest BCUT2D eigenvalue weighted by Gasteiger charge is -2.12. The molecule has 0 aromatic heterocycles. The first-order valence-electron chi connectivity index (χ1n) is 4.64. The zero-order chi connectivity index (χ0) is 9.84. The molecule has 0 radical (unpaired) electrons. The molecule has 0 unspecified atom stereocenters. The average molecular weight is 289 g/mol. The highest BCUT2D eigenvalue weighted by Gasteiger charge is 2.04. The third-order valence-corrected chi connectivity index (χ3v) is 3.44. The largest absolute Gasteiger partial charge is 0.313 e. The highest BCUT2D eigenvalue weighted by atomic mass is 127. The Morgan fingerprint density at radius 3 is 2.69 bits per heavy atom. The van der Waals surface area contributed by atoms with E-state index in [0.717, 1.165) is 6.42 Å². The van der Waals surface area contributed by atoms with Crippen LogP contribution in [0.3, 0.4) is 0 Å². The lowest BCUT2D eigenvalue weighted by molar-refractivity contribution is 0.651. The Morgan fingerprint density at radius 2 is 2.15 bits per heavy atom. The van der Waals surface area contributed by atoms with Crippen LogP contribution in [0.2, 0.25) is 0 Å². The lowest BCUT2D eigenvalue weighted by Crippen LogP contribution is -2.12. The molecule has 1 rings (SSSR count). The molecule has 0 heterocycles. The fourth-order valence-corrected chi connectivity index (χ4v) is 2.02. The molecule has 1 aromatic rings. The van der Waals surface area contributed by atoms with Gasteiger partial charge in [-0.25, -0.2) is 0 Å². The van der Waals surface area contributed by atoms with Crippen LogP contribution in [0.4, 0.5) is 0 Å². The second-order valence-electron chi connectivity index (χ2n) is 3.21. The van der Waals surface area contributed by atoms with Gasteiger partial charge in [-0.05, 0) is 60.2 Å². The molecule has 0 aliphatic carbocycles. The van der Waals surface area contributed by atoms with Crippen LogP contribution < -0.4 is 5.32 Å². The van der Waals surface area contributed by atoms with E-state index in [0.29, 0.717) is 6.04 Å². The van der Waals surface area contributed by atoms with Gasteiger partial charge in [0.05, 0.1) is 0 Å². The molecular weight excluding hydrogens is 273 g/mol. The maximum atomic E-state index is 3.25. The quantitative estimate of drug-likeness (QED) is 0.843. The van der Waals surface area contributed by atoms with Crippen LogP contribution in [0.5, 0.6) is 0 Å². The standard InChI is InChI=1S/C11H16IN/c1-4-9-7-10(8(2)13-3)5-6-11(9)12/h5-8,13H,4H2,1-3H3/t8-/m0/s1. The molecule has 1 aromatic carbocycles. The Hall–Kier alpha value is -0.0900. The number of halogens is 1. The highest BCUT2D eigenvalue weighted by molar-refractivity contribution is 14.1. The summed E-state index contributed by atoms with van der Waals surface area (Å²) in [7, 11) is 1.99. The maximum absolute atomic E-state index is 3.25. The fourth-order valence-electron chi connectivity index (χ4n) is 1.30. The number of aryl methyl sites for hydroxylation is 1. The summed E-state index contributed by atoms with van der Waals surface area (Å²) in [5.74, 6) is 0. The third kappa shape index (κ3) is 2.68. The second-order valence-corrected chi connectivity index (χ2v) is 4.38. The third-order valence-electron chi connectivity index (χ3n) is 2.38. The monoisotopic (exact) mass is 289 g/mol. The first-order valence-corrected chi connectivity index (χ1v) is 5.72. The van der Waals surface area contributed by atoms with E-state index < -0.39 is 0 Å². The van der Waals surface area contributed by atoms with Gasteiger partial charge in [0.25, 0.3) is 0 Å². The first kappa shape index (κ1) is 11.0. The Morgan fingerprint density at radius 1 is 1.46 bits per heavy atom. The van der Waals surface area contributed by atoms with Gasteiger partial charge < -0.3 is 5.32 Å². The van der Waals surface area contributed by atoms with E-state index in [9.17, 15) is 0 Å². The van der Waals surface area contributed by atoms with Gasteiger partial charge in [-0.15, -0.1) is 0 Å². The summed E-state index contributed by atoms with van der Waals surface area (Å²) in [5, 5.41) is 3.25. The molecule has 2 heteroatoms. The summed E-state index contributed by atoms with van der Waals surface area (Å²) in [6.45, 7) is 4.38. The molecule has 0 spiro atoms. The van der Waals surface area contributed by atoms with E-state index in [4.69, 9.17) is 0 Å². The maximum Gasteiger partial charge on any atom is 0.0289 e. The molecule has 1 nitrogen and oxygen atoms in total. The molecule has 1 atom stereocenters. The SMILES string of the molecule is CCc1cc([C@H](C)NC)ccc1I. The molecule has 0 fully saturated rings. The minimum atomic E-state index is 0.447. The predicted octanol–water partition coefficient (Wildman–Crippen LogP) is 3.13. The topological polar surface area (TPSA) is 12.0 Å². The van der Waals surface area contributed by atoms with Gasteiger partial charge in [0, 0.05) is 9.61 Å². The molecule has 1 N–H and O–H groups in total. The minimum Gasteiger partial charge on any atom is -0.313 e. The van der Waals surface area contributed by atoms with Crippen molar-refractivity contribution in [3.8, 4) is 0 Å². The summed E-state index contributed by atoms with van der Waals surface area (Å²) in [6.07, 6.45) is 1.11. The van der Waals surface area contributed by atoms with Gasteiger partial charge in [-0.1, -0.05) is 19.1 Å². The van der Waals surface area contributed by atoms with Crippen molar-refractivity contribution in [2.24, 2.45) is 0 Å².